The number of nitrogen functional groups attached to an aromatic ring is 1. The highest BCUT2D eigenvalue weighted by molar-refractivity contribution is 6.34. The minimum Gasteiger partial charge on any atom is -0.384 e. The number of aromatic nitrogens is 3. The van der Waals surface area contributed by atoms with Crippen molar-refractivity contribution in [3.63, 3.8) is 0 Å². The highest BCUT2D eigenvalue weighted by Gasteiger charge is 2.56. The Morgan fingerprint density at radius 1 is 1.19 bits per heavy atom. The first kappa shape index (κ1) is 16.6. The molecule has 140 valence electrons. The van der Waals surface area contributed by atoms with E-state index in [4.69, 9.17) is 17.3 Å². The molecule has 1 unspecified atom stereocenters. The van der Waals surface area contributed by atoms with E-state index in [1.165, 1.54) is 24.9 Å². The molecule has 2 aromatic rings. The molecule has 1 aliphatic heterocycles. The highest BCUT2D eigenvalue weighted by atomic mass is 35.5. The summed E-state index contributed by atoms with van der Waals surface area (Å²) >= 11 is 6.40. The average Bonchev–Trinajstić information content (AvgIpc) is 3.11. The number of anilines is 3. The van der Waals surface area contributed by atoms with E-state index in [0.717, 1.165) is 32.1 Å². The normalized spacial score (nSPS) is 24.7. The lowest BCUT2D eigenvalue weighted by Gasteiger charge is -2.40. The number of hydrogen-bond acceptors (Lipinski definition) is 6. The summed E-state index contributed by atoms with van der Waals surface area (Å²) in [5.74, 6) is 0.395. The van der Waals surface area contributed by atoms with Crippen LogP contribution in [0.15, 0.2) is 23.3 Å². The Hall–Kier alpha value is -2.61. The summed E-state index contributed by atoms with van der Waals surface area (Å²) < 4.78 is 1.57. The number of pyridine rings is 1. The van der Waals surface area contributed by atoms with Gasteiger partial charge in [0.1, 0.15) is 35.0 Å². The Morgan fingerprint density at radius 3 is 2.67 bits per heavy atom. The maximum absolute atomic E-state index is 13.3. The van der Waals surface area contributed by atoms with Gasteiger partial charge in [-0.1, -0.05) is 18.0 Å². The zero-order chi connectivity index (χ0) is 18.8. The fourth-order valence-electron chi connectivity index (χ4n) is 4.87. The van der Waals surface area contributed by atoms with Crippen LogP contribution in [0, 0.1) is 5.41 Å². The largest absolute Gasteiger partial charge is 0.384 e. The van der Waals surface area contributed by atoms with Gasteiger partial charge in [0, 0.05) is 6.07 Å². The molecule has 2 spiro atoms. The quantitative estimate of drug-likeness (QED) is 0.729. The summed E-state index contributed by atoms with van der Waals surface area (Å²) in [6, 6.07) is 3.00. The smallest absolute Gasteiger partial charge is 0.276 e. The average molecular weight is 387 g/mol. The van der Waals surface area contributed by atoms with E-state index in [-0.39, 0.29) is 39.1 Å². The Morgan fingerprint density at radius 2 is 2.00 bits per heavy atom. The Balaban J connectivity index is 1.61. The molecule has 27 heavy (non-hydrogen) atoms. The van der Waals surface area contributed by atoms with Crippen LogP contribution in [0.2, 0.25) is 5.02 Å². The van der Waals surface area contributed by atoms with E-state index in [0.29, 0.717) is 5.82 Å². The van der Waals surface area contributed by atoms with Crippen LogP contribution in [0.3, 0.4) is 0 Å². The van der Waals surface area contributed by atoms with Crippen molar-refractivity contribution in [3.05, 3.63) is 39.5 Å². The summed E-state index contributed by atoms with van der Waals surface area (Å²) in [4.78, 5) is 33.8. The third-order valence-corrected chi connectivity index (χ3v) is 6.53. The molecule has 0 radical (unpaired) electrons. The number of carbonyl (C=O) groups excluding carboxylic acids is 1. The van der Waals surface area contributed by atoms with E-state index >= 15 is 0 Å². The van der Waals surface area contributed by atoms with Crippen molar-refractivity contribution in [2.75, 3.05) is 11.1 Å². The SMILES string of the molecule is Nc1cc(Nc2cc(Cl)c3n(c2=O)C2(CCC4(CCC4)C2)NC3=O)ncn1. The third kappa shape index (κ3) is 2.36. The molecule has 0 bridgehead atoms. The molecule has 3 heterocycles. The molecule has 2 aliphatic carbocycles. The number of fused-ring (bicyclic) bond motifs is 2. The second-order valence-corrected chi connectivity index (χ2v) is 8.27. The van der Waals surface area contributed by atoms with Crippen LogP contribution in [0.4, 0.5) is 17.3 Å². The minimum atomic E-state index is -0.685. The van der Waals surface area contributed by atoms with Gasteiger partial charge >= 0.3 is 0 Å². The number of nitrogens with zero attached hydrogens (tertiary/aromatic N) is 3. The van der Waals surface area contributed by atoms with Gasteiger partial charge in [-0.15, -0.1) is 0 Å². The van der Waals surface area contributed by atoms with Crippen molar-refractivity contribution in [3.8, 4) is 0 Å². The molecular formula is C18H19ClN6O2. The molecule has 0 saturated heterocycles. The molecule has 9 heteroatoms. The predicted octanol–water partition coefficient (Wildman–Crippen LogP) is 2.37. The van der Waals surface area contributed by atoms with E-state index in [9.17, 15) is 9.59 Å². The predicted molar refractivity (Wildman–Crippen MR) is 101 cm³/mol. The lowest BCUT2D eigenvalue weighted by Crippen LogP contribution is -2.47. The zero-order valence-corrected chi connectivity index (χ0v) is 15.3. The molecule has 1 amide bonds. The van der Waals surface area contributed by atoms with Crippen LogP contribution in [-0.2, 0) is 5.66 Å². The molecular weight excluding hydrogens is 368 g/mol. The van der Waals surface area contributed by atoms with Crippen molar-refractivity contribution in [2.45, 2.75) is 44.2 Å². The fraction of sp³-hybridized carbons (Fsp3) is 0.444. The summed E-state index contributed by atoms with van der Waals surface area (Å²) in [5.41, 5.74) is 5.44. The number of hydrogen-bond donors (Lipinski definition) is 3. The van der Waals surface area contributed by atoms with Gasteiger partial charge < -0.3 is 16.4 Å². The molecule has 0 aromatic carbocycles. The Bertz CT molecular complexity index is 1030. The minimum absolute atomic E-state index is 0.239. The van der Waals surface area contributed by atoms with Gasteiger partial charge in [0.05, 0.1) is 5.02 Å². The standard InChI is InChI=1S/C18H19ClN6O2/c19-10-6-11(23-13-7-12(20)21-9-22-13)16(27)25-14(10)15(26)24-18(25)5-4-17(8-18)2-1-3-17/h6-7,9H,1-5,8H2,(H,24,26)(H3,20,21,22,23). The van der Waals surface area contributed by atoms with Gasteiger partial charge in [-0.3, -0.25) is 14.2 Å². The second kappa shape index (κ2) is 5.45. The molecule has 2 aromatic heterocycles. The van der Waals surface area contributed by atoms with Gasteiger partial charge in [-0.05, 0) is 43.6 Å². The van der Waals surface area contributed by atoms with Crippen LogP contribution >= 0.6 is 11.6 Å². The van der Waals surface area contributed by atoms with Crippen molar-refractivity contribution in [1.29, 1.82) is 0 Å². The molecule has 3 aliphatic rings. The highest BCUT2D eigenvalue weighted by Crippen LogP contribution is 2.58. The van der Waals surface area contributed by atoms with E-state index in [1.54, 1.807) is 4.57 Å². The number of carbonyl (C=O) groups is 1. The molecule has 5 rings (SSSR count). The Labute approximate surface area is 160 Å². The summed E-state index contributed by atoms with van der Waals surface area (Å²) in [6.45, 7) is 0. The van der Waals surface area contributed by atoms with Gasteiger partial charge in [-0.2, -0.15) is 0 Å². The van der Waals surface area contributed by atoms with Crippen LogP contribution < -0.4 is 21.9 Å². The van der Waals surface area contributed by atoms with E-state index in [1.807, 2.05) is 0 Å². The fourth-order valence-corrected chi connectivity index (χ4v) is 5.15. The van der Waals surface area contributed by atoms with Gasteiger partial charge in [-0.25, -0.2) is 9.97 Å². The molecule has 1 atom stereocenters. The number of halogens is 1. The van der Waals surface area contributed by atoms with Crippen molar-refractivity contribution < 1.29 is 4.79 Å². The van der Waals surface area contributed by atoms with E-state index < -0.39 is 5.66 Å². The summed E-state index contributed by atoms with van der Waals surface area (Å²) in [7, 11) is 0. The molecule has 8 nitrogen and oxygen atoms in total. The topological polar surface area (TPSA) is 115 Å². The maximum atomic E-state index is 13.3. The van der Waals surface area contributed by atoms with Gasteiger partial charge in [0.2, 0.25) is 0 Å². The van der Waals surface area contributed by atoms with Crippen LogP contribution in [-0.4, -0.2) is 20.4 Å². The van der Waals surface area contributed by atoms with Crippen LogP contribution in [0.5, 0.6) is 0 Å². The molecule has 2 fully saturated rings. The first-order valence-electron chi connectivity index (χ1n) is 9.05. The lowest BCUT2D eigenvalue weighted by atomic mass is 9.67. The Kier molecular flexibility index (Phi) is 3.34. The summed E-state index contributed by atoms with van der Waals surface area (Å²) in [5, 5.41) is 6.27. The number of amides is 1. The molecule has 4 N–H and O–H groups in total. The van der Waals surface area contributed by atoms with Crippen molar-refractivity contribution in [2.24, 2.45) is 5.41 Å². The first-order chi connectivity index (χ1) is 12.9. The van der Waals surface area contributed by atoms with Crippen LogP contribution in [0.25, 0.3) is 0 Å². The second-order valence-electron chi connectivity index (χ2n) is 7.86. The van der Waals surface area contributed by atoms with E-state index in [2.05, 4.69) is 20.6 Å². The van der Waals surface area contributed by atoms with Gasteiger partial charge in [0.25, 0.3) is 11.5 Å². The first-order valence-corrected chi connectivity index (χ1v) is 9.42. The van der Waals surface area contributed by atoms with Gasteiger partial charge in [0.15, 0.2) is 0 Å². The number of nitrogens with one attached hydrogen (secondary N) is 2. The van der Waals surface area contributed by atoms with Crippen molar-refractivity contribution in [1.82, 2.24) is 19.9 Å². The monoisotopic (exact) mass is 386 g/mol. The molecule has 2 saturated carbocycles. The van der Waals surface area contributed by atoms with Crippen molar-refractivity contribution >= 4 is 34.8 Å². The number of rotatable bonds is 2. The zero-order valence-electron chi connectivity index (χ0n) is 14.6. The lowest BCUT2D eigenvalue weighted by molar-refractivity contribution is 0.0864. The maximum Gasteiger partial charge on any atom is 0.276 e. The third-order valence-electron chi connectivity index (χ3n) is 6.25. The summed E-state index contributed by atoms with van der Waals surface area (Å²) in [6.07, 6.45) is 7.36. The van der Waals surface area contributed by atoms with Crippen LogP contribution in [0.1, 0.15) is 49.0 Å². The number of nitrogens with two attached hydrogens (primary N) is 1.